The largest absolute Gasteiger partial charge is 0.444 e. The van der Waals surface area contributed by atoms with E-state index in [0.29, 0.717) is 13.2 Å². The number of amides is 2. The number of carbonyl (C=O) groups excluding carboxylic acids is 2. The van der Waals surface area contributed by atoms with Crippen LogP contribution < -0.4 is 16.0 Å². The van der Waals surface area contributed by atoms with Gasteiger partial charge in [-0.05, 0) is 46.5 Å². The summed E-state index contributed by atoms with van der Waals surface area (Å²) in [6, 6.07) is 0.324. The predicted octanol–water partition coefficient (Wildman–Crippen LogP) is 1.17. The van der Waals surface area contributed by atoms with Gasteiger partial charge in [0.25, 0.3) is 0 Å². The number of hydrogen-bond acceptors (Lipinski definition) is 5. The average molecular weight is 329 g/mol. The third-order valence-corrected chi connectivity index (χ3v) is 3.57. The molecule has 1 saturated carbocycles. The summed E-state index contributed by atoms with van der Waals surface area (Å²) in [5.41, 5.74) is -0.489. The maximum atomic E-state index is 11.8. The van der Waals surface area contributed by atoms with Gasteiger partial charge in [0.05, 0.1) is 13.2 Å². The lowest BCUT2D eigenvalue weighted by molar-refractivity contribution is -0.120. The second kappa shape index (κ2) is 9.72. The van der Waals surface area contributed by atoms with Gasteiger partial charge >= 0.3 is 6.09 Å². The highest BCUT2D eigenvalue weighted by Gasteiger charge is 2.25. The first-order valence-corrected chi connectivity index (χ1v) is 8.28. The SMILES string of the molecule is COCCNC(=O)CNC1CCCC(NC(=O)OC(C)(C)C)C1. The van der Waals surface area contributed by atoms with Crippen LogP contribution in [0.1, 0.15) is 46.5 Å². The van der Waals surface area contributed by atoms with E-state index in [1.165, 1.54) is 0 Å². The first-order valence-electron chi connectivity index (χ1n) is 8.28. The molecule has 0 aromatic carbocycles. The molecular weight excluding hydrogens is 298 g/mol. The van der Waals surface area contributed by atoms with Gasteiger partial charge in [0.15, 0.2) is 0 Å². The highest BCUT2D eigenvalue weighted by molar-refractivity contribution is 5.78. The molecule has 2 unspecified atom stereocenters. The molecule has 2 atom stereocenters. The van der Waals surface area contributed by atoms with E-state index in [-0.39, 0.29) is 30.6 Å². The van der Waals surface area contributed by atoms with Gasteiger partial charge in [-0.25, -0.2) is 4.79 Å². The third-order valence-electron chi connectivity index (χ3n) is 3.57. The van der Waals surface area contributed by atoms with E-state index in [0.717, 1.165) is 25.7 Å². The van der Waals surface area contributed by atoms with Gasteiger partial charge in [-0.2, -0.15) is 0 Å². The van der Waals surface area contributed by atoms with Crippen LogP contribution in [0.5, 0.6) is 0 Å². The molecule has 0 bridgehead atoms. The van der Waals surface area contributed by atoms with Crippen LogP contribution in [-0.4, -0.2) is 56.5 Å². The van der Waals surface area contributed by atoms with Crippen molar-refractivity contribution in [3.05, 3.63) is 0 Å². The molecule has 1 aliphatic carbocycles. The number of ether oxygens (including phenoxy) is 2. The summed E-state index contributed by atoms with van der Waals surface area (Å²) in [5, 5.41) is 8.95. The number of rotatable bonds is 7. The minimum atomic E-state index is -0.489. The molecular formula is C16H31N3O4. The summed E-state index contributed by atoms with van der Waals surface area (Å²) >= 11 is 0. The van der Waals surface area contributed by atoms with Crippen molar-refractivity contribution in [3.63, 3.8) is 0 Å². The lowest BCUT2D eigenvalue weighted by atomic mass is 9.91. The van der Waals surface area contributed by atoms with Crippen molar-refractivity contribution in [2.24, 2.45) is 0 Å². The molecule has 0 aliphatic heterocycles. The molecule has 23 heavy (non-hydrogen) atoms. The van der Waals surface area contributed by atoms with Crippen molar-refractivity contribution in [1.82, 2.24) is 16.0 Å². The number of carbonyl (C=O) groups is 2. The lowest BCUT2D eigenvalue weighted by Gasteiger charge is -2.31. The monoisotopic (exact) mass is 329 g/mol. The minimum absolute atomic E-state index is 0.0377. The number of methoxy groups -OCH3 is 1. The Morgan fingerprint density at radius 2 is 1.87 bits per heavy atom. The second-order valence-electron chi connectivity index (χ2n) is 6.93. The normalized spacial score (nSPS) is 21.6. The first-order chi connectivity index (χ1) is 10.8. The zero-order chi connectivity index (χ0) is 17.3. The Morgan fingerprint density at radius 1 is 1.17 bits per heavy atom. The molecule has 2 amide bonds. The summed E-state index contributed by atoms with van der Waals surface area (Å²) in [6.07, 6.45) is 3.41. The number of nitrogens with one attached hydrogen (secondary N) is 3. The van der Waals surface area contributed by atoms with E-state index in [9.17, 15) is 9.59 Å². The fraction of sp³-hybridized carbons (Fsp3) is 0.875. The molecule has 7 nitrogen and oxygen atoms in total. The van der Waals surface area contributed by atoms with Crippen LogP contribution in [0, 0.1) is 0 Å². The lowest BCUT2D eigenvalue weighted by Crippen LogP contribution is -2.47. The van der Waals surface area contributed by atoms with Crippen molar-refractivity contribution in [3.8, 4) is 0 Å². The van der Waals surface area contributed by atoms with Gasteiger partial charge in [-0.3, -0.25) is 4.79 Å². The molecule has 3 N–H and O–H groups in total. The van der Waals surface area contributed by atoms with E-state index in [2.05, 4.69) is 16.0 Å². The zero-order valence-corrected chi connectivity index (χ0v) is 14.7. The van der Waals surface area contributed by atoms with E-state index in [1.807, 2.05) is 20.8 Å². The predicted molar refractivity (Wildman–Crippen MR) is 88.3 cm³/mol. The van der Waals surface area contributed by atoms with Crippen LogP contribution in [0.4, 0.5) is 4.79 Å². The van der Waals surface area contributed by atoms with E-state index in [1.54, 1.807) is 7.11 Å². The van der Waals surface area contributed by atoms with Crippen LogP contribution in [0.2, 0.25) is 0 Å². The van der Waals surface area contributed by atoms with Crippen LogP contribution in [0.25, 0.3) is 0 Å². The zero-order valence-electron chi connectivity index (χ0n) is 14.7. The van der Waals surface area contributed by atoms with Crippen molar-refractivity contribution in [2.75, 3.05) is 26.8 Å². The van der Waals surface area contributed by atoms with Crippen LogP contribution in [-0.2, 0) is 14.3 Å². The van der Waals surface area contributed by atoms with Crippen molar-refractivity contribution in [2.45, 2.75) is 64.1 Å². The smallest absolute Gasteiger partial charge is 0.407 e. The van der Waals surface area contributed by atoms with Crippen LogP contribution >= 0.6 is 0 Å². The third kappa shape index (κ3) is 9.40. The van der Waals surface area contributed by atoms with Crippen LogP contribution in [0.3, 0.4) is 0 Å². The number of alkyl carbamates (subject to hydrolysis) is 1. The van der Waals surface area contributed by atoms with E-state index >= 15 is 0 Å². The first kappa shape index (κ1) is 19.7. The molecule has 1 rings (SSSR count). The topological polar surface area (TPSA) is 88.7 Å². The molecule has 0 heterocycles. The molecule has 0 aromatic heterocycles. The van der Waals surface area contributed by atoms with Gasteiger partial charge in [0.1, 0.15) is 5.60 Å². The maximum Gasteiger partial charge on any atom is 0.407 e. The van der Waals surface area contributed by atoms with Crippen molar-refractivity contribution >= 4 is 12.0 Å². The molecule has 1 aliphatic rings. The molecule has 0 aromatic rings. The highest BCUT2D eigenvalue weighted by Crippen LogP contribution is 2.19. The molecule has 1 fully saturated rings. The Labute approximate surface area is 138 Å². The maximum absolute atomic E-state index is 11.8. The summed E-state index contributed by atoms with van der Waals surface area (Å²) < 4.78 is 10.2. The van der Waals surface area contributed by atoms with Crippen molar-refractivity contribution in [1.29, 1.82) is 0 Å². The van der Waals surface area contributed by atoms with Gasteiger partial charge in [0.2, 0.25) is 5.91 Å². The quantitative estimate of drug-likeness (QED) is 0.610. The molecule has 0 radical (unpaired) electrons. The Kier molecular flexibility index (Phi) is 8.33. The summed E-state index contributed by atoms with van der Waals surface area (Å²) in [6.45, 7) is 6.86. The minimum Gasteiger partial charge on any atom is -0.444 e. The average Bonchev–Trinajstić information content (AvgIpc) is 2.43. The molecule has 0 saturated heterocycles. The van der Waals surface area contributed by atoms with E-state index in [4.69, 9.17) is 9.47 Å². The summed E-state index contributed by atoms with van der Waals surface area (Å²) in [7, 11) is 1.60. The Morgan fingerprint density at radius 3 is 2.52 bits per heavy atom. The fourth-order valence-corrected chi connectivity index (χ4v) is 2.57. The molecule has 7 heteroatoms. The van der Waals surface area contributed by atoms with E-state index < -0.39 is 5.60 Å². The summed E-state index contributed by atoms with van der Waals surface area (Å²) in [5.74, 6) is -0.0377. The second-order valence-corrected chi connectivity index (χ2v) is 6.93. The van der Waals surface area contributed by atoms with Gasteiger partial charge in [-0.1, -0.05) is 0 Å². The Hall–Kier alpha value is -1.34. The molecule has 134 valence electrons. The molecule has 0 spiro atoms. The van der Waals surface area contributed by atoms with Crippen LogP contribution in [0.15, 0.2) is 0 Å². The van der Waals surface area contributed by atoms with Gasteiger partial charge in [-0.15, -0.1) is 0 Å². The Balaban J connectivity index is 2.26. The fourth-order valence-electron chi connectivity index (χ4n) is 2.57. The summed E-state index contributed by atoms with van der Waals surface area (Å²) in [4.78, 5) is 23.5. The van der Waals surface area contributed by atoms with Gasteiger partial charge < -0.3 is 25.4 Å². The highest BCUT2D eigenvalue weighted by atomic mass is 16.6. The van der Waals surface area contributed by atoms with Gasteiger partial charge in [0, 0.05) is 25.7 Å². The van der Waals surface area contributed by atoms with Crippen molar-refractivity contribution < 1.29 is 19.1 Å². The Bertz CT molecular complexity index is 382. The standard InChI is InChI=1S/C16H31N3O4/c1-16(2,3)23-15(21)19-13-7-5-6-12(10-13)18-11-14(20)17-8-9-22-4/h12-13,18H,5-11H2,1-4H3,(H,17,20)(H,19,21). The number of hydrogen-bond donors (Lipinski definition) is 3.